The first-order chi connectivity index (χ1) is 9.65. The van der Waals surface area contributed by atoms with Crippen molar-refractivity contribution in [3.05, 3.63) is 23.9 Å². The summed E-state index contributed by atoms with van der Waals surface area (Å²) >= 11 is 0. The summed E-state index contributed by atoms with van der Waals surface area (Å²) in [6.45, 7) is 5.77. The van der Waals surface area contributed by atoms with Crippen molar-refractivity contribution in [2.24, 2.45) is 0 Å². The monoisotopic (exact) mass is 306 g/mol. The van der Waals surface area contributed by atoms with Crippen LogP contribution in [-0.2, 0) is 6.18 Å². The quantitative estimate of drug-likeness (QED) is 0.813. The van der Waals surface area contributed by atoms with Crippen LogP contribution in [0.15, 0.2) is 18.3 Å². The molecule has 0 radical (unpaired) electrons. The summed E-state index contributed by atoms with van der Waals surface area (Å²) in [5.41, 5.74) is -1.48. The van der Waals surface area contributed by atoms with Gasteiger partial charge in [-0.05, 0) is 32.4 Å². The van der Waals surface area contributed by atoms with Gasteiger partial charge in [0.15, 0.2) is 0 Å². The van der Waals surface area contributed by atoms with E-state index >= 15 is 0 Å². The normalized spacial score (nSPS) is 14.0. The van der Waals surface area contributed by atoms with E-state index < -0.39 is 29.3 Å². The van der Waals surface area contributed by atoms with E-state index in [1.165, 1.54) is 12.3 Å². The van der Waals surface area contributed by atoms with Crippen molar-refractivity contribution in [2.75, 3.05) is 13.2 Å². The Kier molecular flexibility index (Phi) is 5.98. The van der Waals surface area contributed by atoms with Crippen molar-refractivity contribution in [2.45, 2.75) is 45.0 Å². The minimum absolute atomic E-state index is 0.00350. The van der Waals surface area contributed by atoms with Crippen LogP contribution in [0.2, 0.25) is 0 Å². The molecule has 0 bridgehead atoms. The fourth-order valence-corrected chi connectivity index (χ4v) is 1.56. The second kappa shape index (κ2) is 7.09. The van der Waals surface area contributed by atoms with Gasteiger partial charge in [0.25, 0.3) is 0 Å². The topological polar surface area (TPSA) is 54.4 Å². The average molecular weight is 306 g/mol. The zero-order valence-electron chi connectivity index (χ0n) is 12.4. The Morgan fingerprint density at radius 3 is 2.62 bits per heavy atom. The summed E-state index contributed by atoms with van der Waals surface area (Å²) in [5.74, 6) is -0.434. The molecule has 21 heavy (non-hydrogen) atoms. The molecule has 1 atom stereocenters. The molecule has 0 aliphatic carbocycles. The Balaban J connectivity index is 2.66. The number of aliphatic hydroxyl groups excluding tert-OH is 1. The van der Waals surface area contributed by atoms with Gasteiger partial charge in [-0.15, -0.1) is 0 Å². The summed E-state index contributed by atoms with van der Waals surface area (Å²) < 4.78 is 43.6. The number of pyridine rings is 1. The molecule has 7 heteroatoms. The van der Waals surface area contributed by atoms with Crippen LogP contribution in [-0.4, -0.2) is 34.9 Å². The number of nitrogens with one attached hydrogen (secondary N) is 1. The number of ether oxygens (including phenoxy) is 1. The van der Waals surface area contributed by atoms with Gasteiger partial charge in [0, 0.05) is 18.3 Å². The first-order valence-electron chi connectivity index (χ1n) is 6.74. The molecule has 0 aliphatic rings. The van der Waals surface area contributed by atoms with Gasteiger partial charge in [-0.3, -0.25) is 0 Å². The lowest BCUT2D eigenvalue weighted by molar-refractivity contribution is -0.139. The lowest BCUT2D eigenvalue weighted by atomic mass is 10.1. The molecule has 0 unspecified atom stereocenters. The predicted octanol–water partition coefficient (Wildman–Crippen LogP) is 2.62. The van der Waals surface area contributed by atoms with Crippen LogP contribution >= 0.6 is 0 Å². The third kappa shape index (κ3) is 5.89. The van der Waals surface area contributed by atoms with Gasteiger partial charge in [-0.2, -0.15) is 13.2 Å². The highest BCUT2D eigenvalue weighted by Gasteiger charge is 2.35. The molecule has 1 aromatic rings. The fourth-order valence-electron chi connectivity index (χ4n) is 1.56. The minimum Gasteiger partial charge on any atom is -0.475 e. The predicted molar refractivity (Wildman–Crippen MR) is 73.1 cm³/mol. The lowest BCUT2D eigenvalue weighted by Crippen LogP contribution is -2.47. The van der Waals surface area contributed by atoms with Crippen LogP contribution in [0.1, 0.15) is 32.8 Å². The van der Waals surface area contributed by atoms with E-state index in [-0.39, 0.29) is 6.61 Å². The van der Waals surface area contributed by atoms with Crippen molar-refractivity contribution in [3.8, 4) is 5.88 Å². The van der Waals surface area contributed by atoms with E-state index in [0.29, 0.717) is 13.0 Å². The van der Waals surface area contributed by atoms with Gasteiger partial charge in [-0.1, -0.05) is 6.92 Å². The number of aromatic nitrogens is 1. The molecule has 120 valence electrons. The maximum absolute atomic E-state index is 12.8. The third-order valence-electron chi connectivity index (χ3n) is 2.93. The molecule has 0 saturated carbocycles. The Morgan fingerprint density at radius 1 is 1.38 bits per heavy atom. The van der Waals surface area contributed by atoms with Crippen LogP contribution in [0.25, 0.3) is 0 Å². The van der Waals surface area contributed by atoms with Gasteiger partial charge in [0.2, 0.25) is 5.88 Å². The molecule has 2 N–H and O–H groups in total. The van der Waals surface area contributed by atoms with Crippen LogP contribution in [0.5, 0.6) is 5.88 Å². The van der Waals surface area contributed by atoms with E-state index in [1.54, 1.807) is 13.8 Å². The number of halogens is 3. The van der Waals surface area contributed by atoms with Crippen molar-refractivity contribution in [1.29, 1.82) is 0 Å². The van der Waals surface area contributed by atoms with Crippen LogP contribution in [0, 0.1) is 0 Å². The highest BCUT2D eigenvalue weighted by atomic mass is 19.4. The molecule has 0 aromatic carbocycles. The first-order valence-corrected chi connectivity index (χ1v) is 6.74. The molecule has 4 nitrogen and oxygen atoms in total. The number of hydrogen-bond acceptors (Lipinski definition) is 4. The molecule has 0 amide bonds. The van der Waals surface area contributed by atoms with E-state index in [9.17, 15) is 18.3 Å². The van der Waals surface area contributed by atoms with Crippen molar-refractivity contribution in [1.82, 2.24) is 10.3 Å². The summed E-state index contributed by atoms with van der Waals surface area (Å²) in [6, 6.07) is 2.15. The number of aliphatic hydroxyl groups is 1. The third-order valence-corrected chi connectivity index (χ3v) is 2.93. The van der Waals surface area contributed by atoms with E-state index in [4.69, 9.17) is 4.74 Å². The summed E-state index contributed by atoms with van der Waals surface area (Å²) in [4.78, 5) is 3.64. The molecular weight excluding hydrogens is 285 g/mol. The van der Waals surface area contributed by atoms with Crippen molar-refractivity contribution in [3.63, 3.8) is 0 Å². The van der Waals surface area contributed by atoms with Crippen molar-refractivity contribution < 1.29 is 23.0 Å². The SMILES string of the molecule is CC[C@@H](O)CNC(C)(C)COc1ncccc1C(F)(F)F. The van der Waals surface area contributed by atoms with Gasteiger partial charge in [0.05, 0.1) is 6.10 Å². The number of alkyl halides is 3. The highest BCUT2D eigenvalue weighted by Crippen LogP contribution is 2.34. The number of β-amino-alcohol motifs (C(OH)–C–C–N with tert-alkyl or cyclic N) is 1. The Morgan fingerprint density at radius 2 is 2.05 bits per heavy atom. The number of nitrogens with zero attached hydrogens (tertiary/aromatic N) is 1. The van der Waals surface area contributed by atoms with E-state index in [0.717, 1.165) is 6.07 Å². The Hall–Kier alpha value is -1.34. The molecule has 1 aromatic heterocycles. The maximum atomic E-state index is 12.8. The average Bonchev–Trinajstić information content (AvgIpc) is 2.42. The smallest absolute Gasteiger partial charge is 0.421 e. The van der Waals surface area contributed by atoms with Gasteiger partial charge in [-0.25, -0.2) is 4.98 Å². The minimum atomic E-state index is -4.50. The van der Waals surface area contributed by atoms with Crippen molar-refractivity contribution >= 4 is 0 Å². The van der Waals surface area contributed by atoms with Crippen LogP contribution in [0.4, 0.5) is 13.2 Å². The van der Waals surface area contributed by atoms with Crippen LogP contribution < -0.4 is 10.1 Å². The summed E-state index contributed by atoms with van der Waals surface area (Å²) in [7, 11) is 0. The number of hydrogen-bond donors (Lipinski definition) is 2. The summed E-state index contributed by atoms with van der Waals surface area (Å²) in [5, 5.41) is 12.5. The molecule has 1 heterocycles. The highest BCUT2D eigenvalue weighted by molar-refractivity contribution is 5.28. The Bertz CT molecular complexity index is 450. The molecular formula is C14H21F3N2O2. The zero-order chi connectivity index (χ0) is 16.1. The molecule has 0 aliphatic heterocycles. The molecule has 0 saturated heterocycles. The fraction of sp³-hybridized carbons (Fsp3) is 0.643. The second-order valence-corrected chi connectivity index (χ2v) is 5.47. The second-order valence-electron chi connectivity index (χ2n) is 5.47. The van der Waals surface area contributed by atoms with E-state index in [2.05, 4.69) is 10.3 Å². The maximum Gasteiger partial charge on any atom is 0.421 e. The van der Waals surface area contributed by atoms with E-state index in [1.807, 2.05) is 6.92 Å². The molecule has 0 fully saturated rings. The first kappa shape index (κ1) is 17.7. The zero-order valence-corrected chi connectivity index (χ0v) is 12.4. The van der Waals surface area contributed by atoms with Gasteiger partial charge in [0.1, 0.15) is 12.2 Å². The molecule has 1 rings (SSSR count). The van der Waals surface area contributed by atoms with Gasteiger partial charge >= 0.3 is 6.18 Å². The summed E-state index contributed by atoms with van der Waals surface area (Å²) in [6.07, 6.45) is -3.14. The lowest BCUT2D eigenvalue weighted by Gasteiger charge is -2.27. The standard InChI is InChI=1S/C14H21F3N2O2/c1-4-10(20)8-19-13(2,3)9-21-12-11(14(15,16)17)6-5-7-18-12/h5-7,10,19-20H,4,8-9H2,1-3H3/t10-/m1/s1. The Labute approximate surface area is 122 Å². The number of rotatable bonds is 7. The van der Waals surface area contributed by atoms with Gasteiger partial charge < -0.3 is 15.2 Å². The molecule has 0 spiro atoms. The van der Waals surface area contributed by atoms with Crippen LogP contribution in [0.3, 0.4) is 0 Å². The largest absolute Gasteiger partial charge is 0.475 e.